The quantitative estimate of drug-likeness (QED) is 0.168. The average molecular weight is 832 g/mol. The molecule has 3 heterocycles. The maximum atomic E-state index is 5.34. The fourth-order valence-corrected chi connectivity index (χ4v) is 10.5. The van der Waals surface area contributed by atoms with Crippen LogP contribution in [0, 0.1) is 0 Å². The highest BCUT2D eigenvalue weighted by atomic mass is 15.0. The molecule has 0 bridgehead atoms. The Balaban J connectivity index is 1.09. The number of hydrogen-bond acceptors (Lipinski definition) is 3. The third-order valence-corrected chi connectivity index (χ3v) is 13.6. The molecule has 0 saturated heterocycles. The van der Waals surface area contributed by atoms with Crippen molar-refractivity contribution in [2.24, 2.45) is 0 Å². The van der Waals surface area contributed by atoms with Gasteiger partial charge in [-0.25, -0.2) is 15.0 Å². The number of para-hydroxylation sites is 3. The highest BCUT2D eigenvalue weighted by Gasteiger charge is 2.36. The maximum absolute atomic E-state index is 5.34. The van der Waals surface area contributed by atoms with Crippen molar-refractivity contribution < 1.29 is 0 Å². The second kappa shape index (κ2) is 14.3. The largest absolute Gasteiger partial charge is 0.309 e. The first-order chi connectivity index (χ1) is 32.0. The molecule has 9 aromatic carbocycles. The highest BCUT2D eigenvalue weighted by molar-refractivity contribution is 6.13. The summed E-state index contributed by atoms with van der Waals surface area (Å²) in [6, 6.07) is 76.0. The van der Waals surface area contributed by atoms with E-state index in [1.165, 1.54) is 54.8 Å². The van der Waals surface area contributed by atoms with E-state index in [1.807, 2.05) is 36.4 Å². The molecule has 5 heteroatoms. The second-order valence-electron chi connectivity index (χ2n) is 17.6. The molecule has 1 aliphatic rings. The molecule has 0 unspecified atom stereocenters. The average Bonchev–Trinajstić information content (AvgIpc) is 3.96. The molecule has 0 radical (unpaired) electrons. The Labute approximate surface area is 376 Å². The predicted octanol–water partition coefficient (Wildman–Crippen LogP) is 15.0. The number of benzene rings is 9. The van der Waals surface area contributed by atoms with Crippen LogP contribution in [0.5, 0.6) is 0 Å². The van der Waals surface area contributed by atoms with E-state index in [1.54, 1.807) is 0 Å². The van der Waals surface area contributed by atoms with Crippen LogP contribution in [0.1, 0.15) is 25.0 Å². The minimum absolute atomic E-state index is 0.148. The summed E-state index contributed by atoms with van der Waals surface area (Å²) in [4.78, 5) is 15.8. The van der Waals surface area contributed by atoms with Gasteiger partial charge in [-0.15, -0.1) is 0 Å². The predicted molar refractivity (Wildman–Crippen MR) is 268 cm³/mol. The van der Waals surface area contributed by atoms with Crippen LogP contribution < -0.4 is 0 Å². The Kier molecular flexibility index (Phi) is 8.18. The molecule has 13 rings (SSSR count). The summed E-state index contributed by atoms with van der Waals surface area (Å²) in [6.45, 7) is 4.71. The van der Waals surface area contributed by atoms with Gasteiger partial charge in [-0.2, -0.15) is 0 Å². The van der Waals surface area contributed by atoms with E-state index in [-0.39, 0.29) is 5.41 Å². The van der Waals surface area contributed by atoms with Gasteiger partial charge in [0.2, 0.25) is 0 Å². The van der Waals surface area contributed by atoms with Crippen LogP contribution in [-0.4, -0.2) is 24.1 Å². The molecule has 0 amide bonds. The van der Waals surface area contributed by atoms with Crippen LogP contribution in [-0.2, 0) is 5.41 Å². The molecule has 0 fully saturated rings. The van der Waals surface area contributed by atoms with Crippen molar-refractivity contribution >= 4 is 43.6 Å². The zero-order valence-corrected chi connectivity index (χ0v) is 35.9. The first-order valence-electron chi connectivity index (χ1n) is 22.3. The molecule has 0 aliphatic heterocycles. The van der Waals surface area contributed by atoms with Crippen LogP contribution in [0.25, 0.3) is 111 Å². The first-order valence-corrected chi connectivity index (χ1v) is 22.3. The molecule has 3 aromatic heterocycles. The van der Waals surface area contributed by atoms with Crippen LogP contribution in [0.15, 0.2) is 212 Å². The van der Waals surface area contributed by atoms with Crippen molar-refractivity contribution in [1.82, 2.24) is 24.1 Å². The van der Waals surface area contributed by atoms with Gasteiger partial charge in [0, 0.05) is 55.0 Å². The summed E-state index contributed by atoms with van der Waals surface area (Å²) in [7, 11) is 0. The second-order valence-corrected chi connectivity index (χ2v) is 17.6. The van der Waals surface area contributed by atoms with E-state index in [4.69, 9.17) is 15.0 Å². The van der Waals surface area contributed by atoms with Crippen LogP contribution >= 0.6 is 0 Å². The zero-order chi connectivity index (χ0) is 43.2. The third kappa shape index (κ3) is 5.75. The van der Waals surface area contributed by atoms with Crippen molar-refractivity contribution in [3.8, 4) is 67.8 Å². The van der Waals surface area contributed by atoms with E-state index < -0.39 is 0 Å². The van der Waals surface area contributed by atoms with Gasteiger partial charge in [0.1, 0.15) is 0 Å². The third-order valence-electron chi connectivity index (χ3n) is 13.6. The highest BCUT2D eigenvalue weighted by Crippen LogP contribution is 2.51. The van der Waals surface area contributed by atoms with Crippen molar-refractivity contribution in [3.63, 3.8) is 0 Å². The molecular formula is C60H41N5. The Hall–Kier alpha value is -8.41. The number of aromatic nitrogens is 5. The molecule has 0 atom stereocenters. The molecule has 65 heavy (non-hydrogen) atoms. The smallest absolute Gasteiger partial charge is 0.164 e. The molecule has 0 saturated carbocycles. The minimum atomic E-state index is -0.148. The summed E-state index contributed by atoms with van der Waals surface area (Å²) in [5.74, 6) is 1.86. The number of nitrogens with zero attached hydrogens (tertiary/aromatic N) is 5. The van der Waals surface area contributed by atoms with E-state index in [0.717, 1.165) is 50.2 Å². The number of rotatable bonds is 6. The van der Waals surface area contributed by atoms with Gasteiger partial charge >= 0.3 is 0 Å². The van der Waals surface area contributed by atoms with Gasteiger partial charge in [0.05, 0.1) is 22.1 Å². The van der Waals surface area contributed by atoms with E-state index >= 15 is 0 Å². The van der Waals surface area contributed by atoms with Gasteiger partial charge in [-0.3, -0.25) is 0 Å². The molecular weight excluding hydrogens is 791 g/mol. The normalized spacial score (nSPS) is 12.9. The van der Waals surface area contributed by atoms with Crippen molar-refractivity contribution in [2.75, 3.05) is 0 Å². The summed E-state index contributed by atoms with van der Waals surface area (Å²) in [5.41, 5.74) is 16.9. The fourth-order valence-electron chi connectivity index (χ4n) is 10.5. The molecule has 1 aliphatic carbocycles. The Bertz CT molecular complexity index is 3790. The summed E-state index contributed by atoms with van der Waals surface area (Å²) in [6.07, 6.45) is 0. The Morgan fingerprint density at radius 2 is 0.846 bits per heavy atom. The number of fused-ring (bicyclic) bond motifs is 9. The monoisotopic (exact) mass is 831 g/mol. The Morgan fingerprint density at radius 3 is 1.52 bits per heavy atom. The maximum Gasteiger partial charge on any atom is 0.164 e. The van der Waals surface area contributed by atoms with Crippen LogP contribution in [0.4, 0.5) is 0 Å². The summed E-state index contributed by atoms with van der Waals surface area (Å²) < 4.78 is 4.80. The van der Waals surface area contributed by atoms with E-state index in [9.17, 15) is 0 Å². The van der Waals surface area contributed by atoms with Crippen LogP contribution in [0.3, 0.4) is 0 Å². The van der Waals surface area contributed by atoms with E-state index in [2.05, 4.69) is 199 Å². The van der Waals surface area contributed by atoms with Crippen molar-refractivity contribution in [2.45, 2.75) is 19.3 Å². The minimum Gasteiger partial charge on any atom is -0.309 e. The summed E-state index contributed by atoms with van der Waals surface area (Å²) in [5, 5.41) is 4.83. The lowest BCUT2D eigenvalue weighted by molar-refractivity contribution is 0.661. The lowest BCUT2D eigenvalue weighted by Gasteiger charge is -2.22. The topological polar surface area (TPSA) is 48.5 Å². The molecule has 306 valence electrons. The fraction of sp³-hybridized carbons (Fsp3) is 0.0500. The first kappa shape index (κ1) is 37.2. The molecule has 12 aromatic rings. The van der Waals surface area contributed by atoms with Gasteiger partial charge < -0.3 is 9.13 Å². The lowest BCUT2D eigenvalue weighted by atomic mass is 9.82. The lowest BCUT2D eigenvalue weighted by Crippen LogP contribution is -2.15. The van der Waals surface area contributed by atoms with Gasteiger partial charge in [-0.1, -0.05) is 166 Å². The standard InChI is InChI=1S/C60H41N5/c1-60(2)51-27-15-12-24-44(51)47-36-49-46-26-14-17-29-54(46)65(56(49)37-52(47)60)42-31-32-43(40-30-33-55-48(34-40)45-25-13-16-28-53(45)64(55)41-22-10-5-11-23-41)50(35-42)59-62-57(38-18-6-3-7-19-38)61-58(63-59)39-20-8-4-9-21-39/h3-37H,1-2H3. The molecule has 0 spiro atoms. The zero-order valence-electron chi connectivity index (χ0n) is 35.9. The van der Waals surface area contributed by atoms with E-state index in [0.29, 0.717) is 17.5 Å². The summed E-state index contributed by atoms with van der Waals surface area (Å²) >= 11 is 0. The Morgan fingerprint density at radius 1 is 0.308 bits per heavy atom. The SMILES string of the molecule is CC1(C)c2ccccc2-c2cc3c4ccccc4n(-c4ccc(-c5ccc6c(c5)c5ccccc5n6-c5ccccc5)c(-c5nc(-c6ccccc6)nc(-c6ccccc6)n5)c4)c3cc21. The van der Waals surface area contributed by atoms with Crippen LogP contribution in [0.2, 0.25) is 0 Å². The van der Waals surface area contributed by atoms with Gasteiger partial charge in [0.15, 0.2) is 17.5 Å². The van der Waals surface area contributed by atoms with Gasteiger partial charge in [-0.05, 0) is 94.0 Å². The van der Waals surface area contributed by atoms with Crippen molar-refractivity contribution in [1.29, 1.82) is 0 Å². The van der Waals surface area contributed by atoms with Gasteiger partial charge in [0.25, 0.3) is 0 Å². The molecule has 5 nitrogen and oxygen atoms in total. The van der Waals surface area contributed by atoms with Crippen molar-refractivity contribution in [3.05, 3.63) is 223 Å². The molecule has 0 N–H and O–H groups in total. The number of hydrogen-bond donors (Lipinski definition) is 0.